The van der Waals surface area contributed by atoms with Gasteiger partial charge < -0.3 is 15.2 Å². The maximum atomic E-state index is 12.0. The van der Waals surface area contributed by atoms with Gasteiger partial charge in [-0.05, 0) is 17.7 Å². The average Bonchev–Trinajstić information content (AvgIpc) is 2.35. The lowest BCUT2D eigenvalue weighted by Crippen LogP contribution is -2.35. The monoisotopic (exact) mass is 274 g/mol. The minimum Gasteiger partial charge on any atom is -0.435 e. The van der Waals surface area contributed by atoms with Gasteiger partial charge in [0.25, 0.3) is 0 Å². The molecule has 0 aromatic heterocycles. The highest BCUT2D eigenvalue weighted by molar-refractivity contribution is 5.81. The predicted molar refractivity (Wildman–Crippen MR) is 64.9 cm³/mol. The first-order chi connectivity index (χ1) is 9.04. The Kier molecular flexibility index (Phi) is 6.17. The van der Waals surface area contributed by atoms with E-state index in [1.54, 1.807) is 0 Å². The summed E-state index contributed by atoms with van der Waals surface area (Å²) in [7, 11) is 1.54. The number of amides is 1. The van der Waals surface area contributed by atoms with Crippen LogP contribution in [0.1, 0.15) is 11.6 Å². The van der Waals surface area contributed by atoms with Crippen molar-refractivity contribution < 1.29 is 23.0 Å². The Labute approximate surface area is 109 Å². The molecule has 0 fully saturated rings. The molecule has 106 valence electrons. The Bertz CT molecular complexity index is 398. The van der Waals surface area contributed by atoms with E-state index in [1.807, 2.05) is 0 Å². The molecule has 1 unspecified atom stereocenters. The van der Waals surface area contributed by atoms with Crippen molar-refractivity contribution in [3.05, 3.63) is 29.8 Å². The molecule has 0 aliphatic heterocycles. The SMILES string of the molecule is COCCNC(C(N)=O)c1ccc(OC(F)F)cc1. The minimum atomic E-state index is -2.88. The van der Waals surface area contributed by atoms with E-state index in [0.717, 1.165) is 0 Å². The normalized spacial score (nSPS) is 12.4. The van der Waals surface area contributed by atoms with Crippen LogP contribution in [0.4, 0.5) is 8.78 Å². The summed E-state index contributed by atoms with van der Waals surface area (Å²) in [6, 6.07) is 5.03. The van der Waals surface area contributed by atoms with Gasteiger partial charge in [-0.25, -0.2) is 0 Å². The van der Waals surface area contributed by atoms with Gasteiger partial charge in [0.15, 0.2) is 0 Å². The van der Waals surface area contributed by atoms with E-state index in [9.17, 15) is 13.6 Å². The largest absolute Gasteiger partial charge is 0.435 e. The Morgan fingerprint density at radius 3 is 2.47 bits per heavy atom. The molecule has 1 aromatic carbocycles. The number of hydrogen-bond donors (Lipinski definition) is 2. The van der Waals surface area contributed by atoms with E-state index in [-0.39, 0.29) is 5.75 Å². The summed E-state index contributed by atoms with van der Waals surface area (Å²) in [6.45, 7) is -2.01. The number of rotatable bonds is 8. The van der Waals surface area contributed by atoms with Crippen molar-refractivity contribution >= 4 is 5.91 Å². The van der Waals surface area contributed by atoms with Crippen LogP contribution >= 0.6 is 0 Å². The van der Waals surface area contributed by atoms with Crippen LogP contribution in [0, 0.1) is 0 Å². The summed E-state index contributed by atoms with van der Waals surface area (Å²) < 4.78 is 33.1. The van der Waals surface area contributed by atoms with Crippen LogP contribution in [-0.2, 0) is 9.53 Å². The lowest BCUT2D eigenvalue weighted by Gasteiger charge is -2.16. The number of primary amides is 1. The van der Waals surface area contributed by atoms with Gasteiger partial charge in [-0.1, -0.05) is 12.1 Å². The number of benzene rings is 1. The molecular formula is C12H16F2N2O3. The molecule has 3 N–H and O–H groups in total. The molecule has 1 amide bonds. The molecule has 0 heterocycles. The van der Waals surface area contributed by atoms with Crippen molar-refractivity contribution in [3.63, 3.8) is 0 Å². The molecule has 0 spiro atoms. The molecule has 0 radical (unpaired) electrons. The number of alkyl halides is 2. The van der Waals surface area contributed by atoms with Crippen LogP contribution in [0.5, 0.6) is 5.75 Å². The Morgan fingerprint density at radius 2 is 2.00 bits per heavy atom. The summed E-state index contributed by atoms with van der Waals surface area (Å²) in [5.74, 6) is -0.530. The second kappa shape index (κ2) is 7.65. The number of nitrogens with one attached hydrogen (secondary N) is 1. The molecule has 0 bridgehead atoms. The third kappa shape index (κ3) is 5.19. The number of halogens is 2. The first-order valence-corrected chi connectivity index (χ1v) is 5.61. The highest BCUT2D eigenvalue weighted by Crippen LogP contribution is 2.19. The summed E-state index contributed by atoms with van der Waals surface area (Å²) in [6.07, 6.45) is 0. The van der Waals surface area contributed by atoms with E-state index in [1.165, 1.54) is 31.4 Å². The fraction of sp³-hybridized carbons (Fsp3) is 0.417. The zero-order valence-electron chi connectivity index (χ0n) is 10.4. The van der Waals surface area contributed by atoms with Crippen LogP contribution in [0.2, 0.25) is 0 Å². The molecule has 1 rings (SSSR count). The molecule has 19 heavy (non-hydrogen) atoms. The van der Waals surface area contributed by atoms with E-state index < -0.39 is 18.6 Å². The van der Waals surface area contributed by atoms with Gasteiger partial charge in [-0.3, -0.25) is 10.1 Å². The maximum absolute atomic E-state index is 12.0. The second-order valence-corrected chi connectivity index (χ2v) is 3.73. The molecular weight excluding hydrogens is 258 g/mol. The zero-order valence-corrected chi connectivity index (χ0v) is 10.4. The van der Waals surface area contributed by atoms with Crippen molar-refractivity contribution in [2.75, 3.05) is 20.3 Å². The van der Waals surface area contributed by atoms with Gasteiger partial charge >= 0.3 is 6.61 Å². The first-order valence-electron chi connectivity index (χ1n) is 5.61. The highest BCUT2D eigenvalue weighted by Gasteiger charge is 2.17. The fourth-order valence-corrected chi connectivity index (χ4v) is 1.53. The summed E-state index contributed by atoms with van der Waals surface area (Å²) >= 11 is 0. The topological polar surface area (TPSA) is 73.6 Å². The van der Waals surface area contributed by atoms with Crippen molar-refractivity contribution in [2.45, 2.75) is 12.7 Å². The molecule has 0 aliphatic carbocycles. The number of carbonyl (C=O) groups is 1. The third-order valence-corrected chi connectivity index (χ3v) is 2.38. The van der Waals surface area contributed by atoms with Crippen LogP contribution in [0.3, 0.4) is 0 Å². The molecule has 0 saturated carbocycles. The zero-order chi connectivity index (χ0) is 14.3. The van der Waals surface area contributed by atoms with Crippen molar-refractivity contribution in [1.82, 2.24) is 5.32 Å². The van der Waals surface area contributed by atoms with Crippen molar-refractivity contribution in [2.24, 2.45) is 5.73 Å². The van der Waals surface area contributed by atoms with E-state index in [2.05, 4.69) is 10.1 Å². The minimum absolute atomic E-state index is 0.0267. The van der Waals surface area contributed by atoms with Crippen molar-refractivity contribution in [1.29, 1.82) is 0 Å². The quantitative estimate of drug-likeness (QED) is 0.695. The Morgan fingerprint density at radius 1 is 1.37 bits per heavy atom. The van der Waals surface area contributed by atoms with Gasteiger partial charge in [0.1, 0.15) is 11.8 Å². The van der Waals surface area contributed by atoms with Crippen LogP contribution in [0.25, 0.3) is 0 Å². The van der Waals surface area contributed by atoms with Gasteiger partial charge in [-0.15, -0.1) is 0 Å². The van der Waals surface area contributed by atoms with E-state index in [4.69, 9.17) is 10.5 Å². The summed E-state index contributed by atoms with van der Waals surface area (Å²) in [5.41, 5.74) is 5.85. The summed E-state index contributed by atoms with van der Waals surface area (Å²) in [4.78, 5) is 11.3. The molecule has 0 saturated heterocycles. The fourth-order valence-electron chi connectivity index (χ4n) is 1.53. The number of ether oxygens (including phenoxy) is 2. The van der Waals surface area contributed by atoms with E-state index >= 15 is 0 Å². The standard InChI is InChI=1S/C12H16F2N2O3/c1-18-7-6-16-10(11(15)17)8-2-4-9(5-3-8)19-12(13)14/h2-5,10,12,16H,6-7H2,1H3,(H2,15,17). The molecule has 1 aromatic rings. The van der Waals surface area contributed by atoms with Gasteiger partial charge in [0.05, 0.1) is 6.61 Å². The summed E-state index contributed by atoms with van der Waals surface area (Å²) in [5, 5.41) is 2.91. The lowest BCUT2D eigenvalue weighted by atomic mass is 10.1. The van der Waals surface area contributed by atoms with Crippen LogP contribution in [0.15, 0.2) is 24.3 Å². The smallest absolute Gasteiger partial charge is 0.387 e. The Hall–Kier alpha value is -1.73. The Balaban J connectivity index is 2.71. The lowest BCUT2D eigenvalue weighted by molar-refractivity contribution is -0.120. The van der Waals surface area contributed by atoms with Gasteiger partial charge in [0.2, 0.25) is 5.91 Å². The number of nitrogens with two attached hydrogens (primary N) is 1. The van der Waals surface area contributed by atoms with Crippen LogP contribution < -0.4 is 15.8 Å². The highest BCUT2D eigenvalue weighted by atomic mass is 19.3. The van der Waals surface area contributed by atoms with Crippen molar-refractivity contribution in [3.8, 4) is 5.75 Å². The van der Waals surface area contributed by atoms with Crippen LogP contribution in [-0.4, -0.2) is 32.8 Å². The number of carbonyl (C=O) groups excluding carboxylic acids is 1. The van der Waals surface area contributed by atoms with Gasteiger partial charge in [0, 0.05) is 13.7 Å². The predicted octanol–water partition coefficient (Wildman–Crippen LogP) is 1.05. The second-order valence-electron chi connectivity index (χ2n) is 3.73. The number of hydrogen-bond acceptors (Lipinski definition) is 4. The average molecular weight is 274 g/mol. The molecule has 7 heteroatoms. The first kappa shape index (κ1) is 15.3. The third-order valence-electron chi connectivity index (χ3n) is 2.38. The molecule has 1 atom stereocenters. The van der Waals surface area contributed by atoms with E-state index in [0.29, 0.717) is 18.7 Å². The molecule has 5 nitrogen and oxygen atoms in total. The van der Waals surface area contributed by atoms with Gasteiger partial charge in [-0.2, -0.15) is 8.78 Å². The number of methoxy groups -OCH3 is 1. The molecule has 0 aliphatic rings. The maximum Gasteiger partial charge on any atom is 0.387 e.